The molecule has 0 saturated heterocycles. The van der Waals surface area contributed by atoms with E-state index in [1.54, 1.807) is 0 Å². The molecule has 0 aliphatic carbocycles. The summed E-state index contributed by atoms with van der Waals surface area (Å²) in [5.41, 5.74) is 0.181. The molecule has 0 aromatic heterocycles. The molecule has 78 valence electrons. The molecule has 2 nitrogen and oxygen atoms in total. The molecule has 0 bridgehead atoms. The highest BCUT2D eigenvalue weighted by Gasteiger charge is 2.18. The number of hydrogen-bond acceptors (Lipinski definition) is 1. The Morgan fingerprint density at radius 1 is 1.31 bits per heavy atom. The summed E-state index contributed by atoms with van der Waals surface area (Å²) in [6.45, 7) is 4.29. The number of aliphatic carboxylic acids is 1. The Balaban J connectivity index is 3.59. The van der Waals surface area contributed by atoms with Crippen LogP contribution < -0.4 is 0 Å². The van der Waals surface area contributed by atoms with E-state index in [2.05, 4.69) is 29.8 Å². The van der Waals surface area contributed by atoms with Crippen molar-refractivity contribution in [2.45, 2.75) is 46.0 Å². The molecule has 0 amide bonds. The first-order valence-corrected chi connectivity index (χ1v) is 5.88. The van der Waals surface area contributed by atoms with E-state index in [0.29, 0.717) is 6.42 Å². The molecule has 0 aromatic carbocycles. The maximum absolute atomic E-state index is 10.4. The molecule has 0 rings (SSSR count). The van der Waals surface area contributed by atoms with Gasteiger partial charge in [0.25, 0.3) is 0 Å². The summed E-state index contributed by atoms with van der Waals surface area (Å²) in [6, 6.07) is 0. The summed E-state index contributed by atoms with van der Waals surface area (Å²) in [4.78, 5) is 10.4. The molecule has 0 saturated carbocycles. The highest BCUT2D eigenvalue weighted by Crippen LogP contribution is 2.28. The van der Waals surface area contributed by atoms with Gasteiger partial charge in [-0.2, -0.15) is 0 Å². The standard InChI is InChI=1S/C10H19BrO2/c1-10(2,6-3-4-8-11)7-5-9(12)13/h3-8H2,1-2H3,(H,12,13). The number of rotatable bonds is 7. The molecule has 0 spiro atoms. The second-order valence-corrected chi connectivity index (χ2v) is 5.00. The van der Waals surface area contributed by atoms with E-state index < -0.39 is 5.97 Å². The van der Waals surface area contributed by atoms with Crippen molar-refractivity contribution in [3.8, 4) is 0 Å². The zero-order valence-electron chi connectivity index (χ0n) is 8.48. The van der Waals surface area contributed by atoms with Gasteiger partial charge < -0.3 is 5.11 Å². The monoisotopic (exact) mass is 250 g/mol. The largest absolute Gasteiger partial charge is 0.481 e. The van der Waals surface area contributed by atoms with Gasteiger partial charge in [-0.05, 0) is 24.7 Å². The number of carboxylic acid groups (broad SMARTS) is 1. The van der Waals surface area contributed by atoms with Crippen molar-refractivity contribution < 1.29 is 9.90 Å². The van der Waals surface area contributed by atoms with Gasteiger partial charge in [-0.15, -0.1) is 0 Å². The fourth-order valence-electron chi connectivity index (χ4n) is 1.27. The van der Waals surface area contributed by atoms with Crippen LogP contribution in [0.15, 0.2) is 0 Å². The average molecular weight is 251 g/mol. The van der Waals surface area contributed by atoms with Gasteiger partial charge in [0.1, 0.15) is 0 Å². The maximum Gasteiger partial charge on any atom is 0.303 e. The zero-order chi connectivity index (χ0) is 10.3. The summed E-state index contributed by atoms with van der Waals surface area (Å²) in [5, 5.41) is 9.58. The number of carbonyl (C=O) groups is 1. The molecule has 0 aliphatic rings. The molecule has 0 unspecified atom stereocenters. The molecule has 0 heterocycles. The van der Waals surface area contributed by atoms with Gasteiger partial charge in [-0.1, -0.05) is 36.2 Å². The molecule has 0 aromatic rings. The Labute approximate surface area is 88.8 Å². The lowest BCUT2D eigenvalue weighted by Gasteiger charge is -2.23. The third kappa shape index (κ3) is 8.28. The summed E-state index contributed by atoms with van der Waals surface area (Å²) in [5.74, 6) is -0.687. The summed E-state index contributed by atoms with van der Waals surface area (Å²) >= 11 is 3.39. The first-order chi connectivity index (χ1) is 5.98. The average Bonchev–Trinajstić information content (AvgIpc) is 2.02. The third-order valence-corrected chi connectivity index (χ3v) is 2.81. The van der Waals surface area contributed by atoms with E-state index in [1.807, 2.05) is 0 Å². The molecular formula is C10H19BrO2. The Morgan fingerprint density at radius 2 is 1.92 bits per heavy atom. The van der Waals surface area contributed by atoms with Crippen molar-refractivity contribution in [1.82, 2.24) is 0 Å². The van der Waals surface area contributed by atoms with Crippen LogP contribution >= 0.6 is 15.9 Å². The predicted octanol–water partition coefficient (Wildman–Crippen LogP) is 3.44. The van der Waals surface area contributed by atoms with Gasteiger partial charge in [0.15, 0.2) is 0 Å². The van der Waals surface area contributed by atoms with Crippen LogP contribution in [0.4, 0.5) is 0 Å². The fourth-order valence-corrected chi connectivity index (χ4v) is 1.66. The summed E-state index contributed by atoms with van der Waals surface area (Å²) < 4.78 is 0. The van der Waals surface area contributed by atoms with Crippen LogP contribution in [-0.4, -0.2) is 16.4 Å². The van der Waals surface area contributed by atoms with Crippen molar-refractivity contribution in [2.75, 3.05) is 5.33 Å². The molecule has 0 aliphatic heterocycles. The minimum Gasteiger partial charge on any atom is -0.481 e. The van der Waals surface area contributed by atoms with Crippen LogP contribution in [0, 0.1) is 5.41 Å². The number of unbranched alkanes of at least 4 members (excludes halogenated alkanes) is 1. The lowest BCUT2D eigenvalue weighted by molar-refractivity contribution is -0.137. The Bertz CT molecular complexity index is 155. The minimum absolute atomic E-state index is 0.181. The quantitative estimate of drug-likeness (QED) is 0.555. The minimum atomic E-state index is -0.687. The SMILES string of the molecule is CC(C)(CCCCBr)CCC(=O)O. The predicted molar refractivity (Wildman–Crippen MR) is 58.3 cm³/mol. The van der Waals surface area contributed by atoms with E-state index in [9.17, 15) is 4.79 Å². The van der Waals surface area contributed by atoms with Crippen molar-refractivity contribution >= 4 is 21.9 Å². The highest BCUT2D eigenvalue weighted by molar-refractivity contribution is 9.09. The smallest absolute Gasteiger partial charge is 0.303 e. The lowest BCUT2D eigenvalue weighted by Crippen LogP contribution is -2.13. The zero-order valence-corrected chi connectivity index (χ0v) is 10.1. The first kappa shape index (κ1) is 12.9. The van der Waals surface area contributed by atoms with Crippen molar-refractivity contribution in [3.05, 3.63) is 0 Å². The number of halogens is 1. The van der Waals surface area contributed by atoms with Crippen LogP contribution in [0.3, 0.4) is 0 Å². The van der Waals surface area contributed by atoms with Gasteiger partial charge in [0.05, 0.1) is 0 Å². The number of hydrogen-bond donors (Lipinski definition) is 1. The molecule has 0 atom stereocenters. The third-order valence-electron chi connectivity index (χ3n) is 2.25. The Kier molecular flexibility index (Phi) is 6.39. The van der Waals surface area contributed by atoms with E-state index in [4.69, 9.17) is 5.11 Å². The number of alkyl halides is 1. The van der Waals surface area contributed by atoms with E-state index >= 15 is 0 Å². The molecule has 13 heavy (non-hydrogen) atoms. The second kappa shape index (κ2) is 6.41. The van der Waals surface area contributed by atoms with Crippen molar-refractivity contribution in [1.29, 1.82) is 0 Å². The molecule has 0 radical (unpaired) electrons. The lowest BCUT2D eigenvalue weighted by atomic mass is 9.83. The topological polar surface area (TPSA) is 37.3 Å². The molecule has 3 heteroatoms. The maximum atomic E-state index is 10.4. The highest BCUT2D eigenvalue weighted by atomic mass is 79.9. The van der Waals surface area contributed by atoms with Crippen LogP contribution in [0.2, 0.25) is 0 Å². The van der Waals surface area contributed by atoms with Gasteiger partial charge in [-0.25, -0.2) is 0 Å². The first-order valence-electron chi connectivity index (χ1n) is 4.76. The fraction of sp³-hybridized carbons (Fsp3) is 0.900. The van der Waals surface area contributed by atoms with Crippen molar-refractivity contribution in [3.63, 3.8) is 0 Å². The van der Waals surface area contributed by atoms with Crippen molar-refractivity contribution in [2.24, 2.45) is 5.41 Å². The van der Waals surface area contributed by atoms with Gasteiger partial charge in [0.2, 0.25) is 0 Å². The molecule has 1 N–H and O–H groups in total. The van der Waals surface area contributed by atoms with Gasteiger partial charge in [0, 0.05) is 11.8 Å². The van der Waals surface area contributed by atoms with E-state index in [-0.39, 0.29) is 5.41 Å². The van der Waals surface area contributed by atoms with Gasteiger partial charge in [-0.3, -0.25) is 4.79 Å². The Hall–Kier alpha value is -0.0500. The second-order valence-electron chi connectivity index (χ2n) is 4.20. The van der Waals surface area contributed by atoms with Crippen LogP contribution in [0.25, 0.3) is 0 Å². The summed E-state index contributed by atoms with van der Waals surface area (Å²) in [7, 11) is 0. The molecular weight excluding hydrogens is 232 g/mol. The van der Waals surface area contributed by atoms with E-state index in [0.717, 1.165) is 18.2 Å². The normalized spacial score (nSPS) is 11.6. The molecule has 0 fully saturated rings. The van der Waals surface area contributed by atoms with E-state index in [1.165, 1.54) is 12.8 Å². The number of carboxylic acids is 1. The van der Waals surface area contributed by atoms with Crippen LogP contribution in [-0.2, 0) is 4.79 Å². The summed E-state index contributed by atoms with van der Waals surface area (Å²) in [6.07, 6.45) is 4.55. The van der Waals surface area contributed by atoms with Gasteiger partial charge >= 0.3 is 5.97 Å². The Morgan fingerprint density at radius 3 is 2.38 bits per heavy atom. The van der Waals surface area contributed by atoms with Crippen LogP contribution in [0.1, 0.15) is 46.0 Å². The van der Waals surface area contributed by atoms with Crippen LogP contribution in [0.5, 0.6) is 0 Å².